The van der Waals surface area contributed by atoms with Crippen LogP contribution in [0.15, 0.2) is 48.5 Å². The highest BCUT2D eigenvalue weighted by atomic mass is 16.5. The predicted octanol–water partition coefficient (Wildman–Crippen LogP) is 4.45. The topological polar surface area (TPSA) is 58.6 Å². The van der Waals surface area contributed by atoms with Gasteiger partial charge in [-0.15, -0.1) is 0 Å². The summed E-state index contributed by atoms with van der Waals surface area (Å²) in [4.78, 5) is 27.2. The molecule has 1 aliphatic heterocycles. The number of hydrogen-bond donors (Lipinski definition) is 1. The van der Waals surface area contributed by atoms with Gasteiger partial charge in [0.1, 0.15) is 5.75 Å². The Morgan fingerprint density at radius 3 is 2.48 bits per heavy atom. The third kappa shape index (κ3) is 4.78. The summed E-state index contributed by atoms with van der Waals surface area (Å²) < 4.78 is 5.24. The lowest BCUT2D eigenvalue weighted by atomic mass is 9.90. The molecule has 0 spiro atoms. The highest BCUT2D eigenvalue weighted by Crippen LogP contribution is 2.44. The minimum atomic E-state index is -0.0107. The molecule has 1 saturated carbocycles. The van der Waals surface area contributed by atoms with Crippen LogP contribution in [0, 0.1) is 5.92 Å². The van der Waals surface area contributed by atoms with E-state index in [4.69, 9.17) is 4.74 Å². The van der Waals surface area contributed by atoms with Gasteiger partial charge in [-0.25, -0.2) is 0 Å². The Hall–Kier alpha value is -2.82. The number of nitrogens with zero attached hydrogens (tertiary/aromatic N) is 1. The van der Waals surface area contributed by atoms with E-state index in [1.54, 1.807) is 13.2 Å². The number of hydrogen-bond acceptors (Lipinski definition) is 3. The van der Waals surface area contributed by atoms with Gasteiger partial charge in [0.25, 0.3) is 5.91 Å². The summed E-state index contributed by atoms with van der Waals surface area (Å²) in [6.07, 6.45) is 4.92. The Morgan fingerprint density at radius 1 is 1.10 bits per heavy atom. The van der Waals surface area contributed by atoms with Crippen molar-refractivity contribution in [3.8, 4) is 5.75 Å². The zero-order chi connectivity index (χ0) is 20.2. The molecule has 1 heterocycles. The zero-order valence-electron chi connectivity index (χ0n) is 16.9. The molecule has 2 aromatic rings. The fourth-order valence-electron chi connectivity index (χ4n) is 4.15. The molecule has 0 bridgehead atoms. The van der Waals surface area contributed by atoms with Gasteiger partial charge in [-0.3, -0.25) is 9.59 Å². The lowest BCUT2D eigenvalue weighted by Gasteiger charge is -2.18. The van der Waals surface area contributed by atoms with E-state index in [1.165, 1.54) is 18.4 Å². The van der Waals surface area contributed by atoms with Gasteiger partial charge >= 0.3 is 0 Å². The van der Waals surface area contributed by atoms with Crippen molar-refractivity contribution in [3.05, 3.63) is 59.7 Å². The highest BCUT2D eigenvalue weighted by Gasteiger charge is 2.33. The van der Waals surface area contributed by atoms with E-state index in [1.807, 2.05) is 35.2 Å². The normalized spacial score (nSPS) is 17.1. The summed E-state index contributed by atoms with van der Waals surface area (Å²) in [5.41, 5.74) is 2.50. The molecule has 0 radical (unpaired) electrons. The summed E-state index contributed by atoms with van der Waals surface area (Å²) in [6.45, 7) is 1.64. The van der Waals surface area contributed by atoms with E-state index >= 15 is 0 Å². The van der Waals surface area contributed by atoms with Crippen LogP contribution in [-0.4, -0.2) is 36.9 Å². The number of amides is 2. The van der Waals surface area contributed by atoms with Crippen molar-refractivity contribution in [1.29, 1.82) is 0 Å². The number of ether oxygens (including phenoxy) is 1. The standard InChI is InChI=1S/C24H28N2O3/c1-29-21-11-9-18(10-12-21)22(17-7-8-17)16-23(27)25-20-6-4-5-19(15-20)24(28)26-13-2-3-14-26/h4-6,9-12,15,17,22H,2-3,7-8,13-14,16H2,1H3,(H,25,27). The van der Waals surface area contributed by atoms with Crippen LogP contribution in [0.3, 0.4) is 0 Å². The van der Waals surface area contributed by atoms with Crippen molar-refractivity contribution < 1.29 is 14.3 Å². The van der Waals surface area contributed by atoms with Crippen molar-refractivity contribution in [2.45, 2.75) is 38.0 Å². The maximum absolute atomic E-state index is 12.8. The molecule has 2 amide bonds. The monoisotopic (exact) mass is 392 g/mol. The molecule has 1 unspecified atom stereocenters. The molecule has 2 fully saturated rings. The molecule has 0 aromatic heterocycles. The van der Waals surface area contributed by atoms with E-state index in [0.717, 1.165) is 31.7 Å². The molecular weight excluding hydrogens is 364 g/mol. The first kappa shape index (κ1) is 19.5. The molecule has 152 valence electrons. The summed E-state index contributed by atoms with van der Waals surface area (Å²) in [6, 6.07) is 15.3. The molecule has 29 heavy (non-hydrogen) atoms. The second kappa shape index (κ2) is 8.68. The molecule has 1 saturated heterocycles. The van der Waals surface area contributed by atoms with Gasteiger partial charge in [0.2, 0.25) is 5.91 Å². The Bertz CT molecular complexity index is 868. The molecule has 2 aromatic carbocycles. The molecule has 5 heteroatoms. The molecular formula is C24H28N2O3. The van der Waals surface area contributed by atoms with Crippen molar-refractivity contribution in [1.82, 2.24) is 4.90 Å². The molecule has 1 N–H and O–H groups in total. The Kier molecular flexibility index (Phi) is 5.84. The summed E-state index contributed by atoms with van der Waals surface area (Å²) >= 11 is 0. The van der Waals surface area contributed by atoms with E-state index < -0.39 is 0 Å². The van der Waals surface area contributed by atoms with Crippen molar-refractivity contribution in [2.24, 2.45) is 5.92 Å². The van der Waals surface area contributed by atoms with E-state index in [9.17, 15) is 9.59 Å². The lowest BCUT2D eigenvalue weighted by molar-refractivity contribution is -0.116. The third-order valence-electron chi connectivity index (χ3n) is 5.93. The van der Waals surface area contributed by atoms with Gasteiger partial charge in [0.15, 0.2) is 0 Å². The van der Waals surface area contributed by atoms with Crippen LogP contribution in [0.2, 0.25) is 0 Å². The fourth-order valence-corrected chi connectivity index (χ4v) is 4.15. The molecule has 4 rings (SSSR count). The number of nitrogens with one attached hydrogen (secondary N) is 1. The van der Waals surface area contributed by atoms with Gasteiger partial charge in [-0.1, -0.05) is 18.2 Å². The Balaban J connectivity index is 1.41. The Morgan fingerprint density at radius 2 is 1.83 bits per heavy atom. The van der Waals surface area contributed by atoms with Gasteiger partial charge in [-0.2, -0.15) is 0 Å². The second-order valence-electron chi connectivity index (χ2n) is 8.05. The summed E-state index contributed by atoms with van der Waals surface area (Å²) in [5, 5.41) is 3.00. The largest absolute Gasteiger partial charge is 0.497 e. The van der Waals surface area contributed by atoms with Crippen LogP contribution in [0.5, 0.6) is 5.75 Å². The van der Waals surface area contributed by atoms with Crippen molar-refractivity contribution in [3.63, 3.8) is 0 Å². The van der Waals surface area contributed by atoms with Crippen LogP contribution in [-0.2, 0) is 4.79 Å². The fraction of sp³-hybridized carbons (Fsp3) is 0.417. The minimum Gasteiger partial charge on any atom is -0.497 e. The maximum Gasteiger partial charge on any atom is 0.253 e. The van der Waals surface area contributed by atoms with E-state index in [2.05, 4.69) is 17.4 Å². The Labute approximate surface area is 172 Å². The number of likely N-dealkylation sites (tertiary alicyclic amines) is 1. The predicted molar refractivity (Wildman–Crippen MR) is 113 cm³/mol. The van der Waals surface area contributed by atoms with E-state index in [0.29, 0.717) is 23.6 Å². The SMILES string of the molecule is COc1ccc(C(CC(=O)Nc2cccc(C(=O)N3CCCC3)c2)C2CC2)cc1. The van der Waals surface area contributed by atoms with Crippen LogP contribution < -0.4 is 10.1 Å². The molecule has 5 nitrogen and oxygen atoms in total. The van der Waals surface area contributed by atoms with Crippen molar-refractivity contribution in [2.75, 3.05) is 25.5 Å². The smallest absolute Gasteiger partial charge is 0.253 e. The van der Waals surface area contributed by atoms with Gasteiger partial charge in [0, 0.05) is 30.8 Å². The first-order chi connectivity index (χ1) is 14.1. The van der Waals surface area contributed by atoms with E-state index in [-0.39, 0.29) is 17.7 Å². The number of benzene rings is 2. The zero-order valence-corrected chi connectivity index (χ0v) is 16.9. The minimum absolute atomic E-state index is 0.0107. The number of methoxy groups -OCH3 is 1. The van der Waals surface area contributed by atoms with Crippen LogP contribution in [0.1, 0.15) is 53.9 Å². The number of rotatable bonds is 7. The third-order valence-corrected chi connectivity index (χ3v) is 5.93. The quantitative estimate of drug-likeness (QED) is 0.757. The van der Waals surface area contributed by atoms with Crippen LogP contribution >= 0.6 is 0 Å². The van der Waals surface area contributed by atoms with Gasteiger partial charge in [0.05, 0.1) is 7.11 Å². The van der Waals surface area contributed by atoms with Crippen molar-refractivity contribution >= 4 is 17.5 Å². The number of carbonyl (C=O) groups excluding carboxylic acids is 2. The summed E-state index contributed by atoms with van der Waals surface area (Å²) in [5.74, 6) is 1.65. The second-order valence-corrected chi connectivity index (χ2v) is 8.05. The molecule has 1 aliphatic carbocycles. The van der Waals surface area contributed by atoms with Gasteiger partial charge in [-0.05, 0) is 73.4 Å². The molecule has 1 atom stereocenters. The number of anilines is 1. The molecule has 2 aliphatic rings. The summed E-state index contributed by atoms with van der Waals surface area (Å²) in [7, 11) is 1.66. The lowest BCUT2D eigenvalue weighted by Crippen LogP contribution is -2.27. The average Bonchev–Trinajstić information content (AvgIpc) is 3.44. The first-order valence-corrected chi connectivity index (χ1v) is 10.5. The average molecular weight is 392 g/mol. The highest BCUT2D eigenvalue weighted by molar-refractivity contribution is 5.97. The maximum atomic E-state index is 12.8. The number of carbonyl (C=O) groups is 2. The van der Waals surface area contributed by atoms with Crippen LogP contribution in [0.4, 0.5) is 5.69 Å². The first-order valence-electron chi connectivity index (χ1n) is 10.5. The van der Waals surface area contributed by atoms with Crippen LogP contribution in [0.25, 0.3) is 0 Å². The van der Waals surface area contributed by atoms with Gasteiger partial charge < -0.3 is 15.0 Å².